The molecule has 4 rings (SSSR count). The average Bonchev–Trinajstić information content (AvgIpc) is 3.39. The standard InChI is InChI=1S/C30H30F3NO11/c1-14(35)40-13-23-25(41-15(2)36)26(42-16(3)37)27(43-17(4)38)28(45-23)30(39,18-8-10-19(11-9-18)44-29(32)33)20-12-34-22-7-5-6-21(31)24(20)22/h5-12,23,25-29,34,39H,13H2,1-4H3/t23-,25-,26+,27-,28-,30?/m1/s1. The van der Waals surface area contributed by atoms with Gasteiger partial charge in [-0.15, -0.1) is 0 Å². The van der Waals surface area contributed by atoms with Crippen LogP contribution in [-0.4, -0.2) is 77.7 Å². The molecule has 242 valence electrons. The number of aliphatic hydroxyl groups is 1. The average molecular weight is 638 g/mol. The van der Waals surface area contributed by atoms with Gasteiger partial charge in [-0.05, 0) is 29.8 Å². The van der Waals surface area contributed by atoms with Crippen LogP contribution in [0.15, 0.2) is 48.7 Å². The monoisotopic (exact) mass is 637 g/mol. The summed E-state index contributed by atoms with van der Waals surface area (Å²) in [6, 6.07) is 8.70. The number of esters is 4. The predicted octanol–water partition coefficient (Wildman–Crippen LogP) is 3.27. The second-order valence-corrected chi connectivity index (χ2v) is 10.2. The molecule has 1 saturated heterocycles. The number of alkyl halides is 2. The molecule has 45 heavy (non-hydrogen) atoms. The van der Waals surface area contributed by atoms with E-state index in [2.05, 4.69) is 9.72 Å². The number of carbonyl (C=O) groups is 4. The Balaban J connectivity index is 2.00. The summed E-state index contributed by atoms with van der Waals surface area (Å²) in [7, 11) is 0. The minimum absolute atomic E-state index is 0.0887. The first kappa shape index (κ1) is 33.3. The van der Waals surface area contributed by atoms with Crippen LogP contribution in [0.25, 0.3) is 10.9 Å². The van der Waals surface area contributed by atoms with Gasteiger partial charge in [-0.25, -0.2) is 4.39 Å². The molecule has 12 nitrogen and oxygen atoms in total. The van der Waals surface area contributed by atoms with Crippen LogP contribution < -0.4 is 4.74 Å². The largest absolute Gasteiger partial charge is 0.463 e. The number of aromatic amines is 1. The third kappa shape index (κ3) is 7.20. The summed E-state index contributed by atoms with van der Waals surface area (Å²) >= 11 is 0. The van der Waals surface area contributed by atoms with Crippen molar-refractivity contribution in [2.75, 3.05) is 6.61 Å². The molecule has 1 aliphatic rings. The van der Waals surface area contributed by atoms with E-state index in [4.69, 9.17) is 23.7 Å². The first-order valence-electron chi connectivity index (χ1n) is 13.6. The fourth-order valence-electron chi connectivity index (χ4n) is 5.37. The SMILES string of the molecule is CC(=O)OC[C@H]1O[C@@H](C(O)(c2ccc(OC(F)F)cc2)c2c[nH]c3cccc(F)c23)[C@H](OC(C)=O)[C@@H](OC(C)=O)[C@@H]1OC(C)=O. The zero-order valence-corrected chi connectivity index (χ0v) is 24.5. The molecule has 0 spiro atoms. The maximum absolute atomic E-state index is 15.4. The molecule has 3 aromatic rings. The topological polar surface area (TPSA) is 160 Å². The molecule has 0 saturated carbocycles. The van der Waals surface area contributed by atoms with Crippen LogP contribution in [0.4, 0.5) is 13.2 Å². The number of fused-ring (bicyclic) bond motifs is 1. The van der Waals surface area contributed by atoms with Crippen molar-refractivity contribution >= 4 is 34.8 Å². The van der Waals surface area contributed by atoms with Crippen LogP contribution in [0.2, 0.25) is 0 Å². The smallest absolute Gasteiger partial charge is 0.387 e. The summed E-state index contributed by atoms with van der Waals surface area (Å²) in [5.74, 6) is -4.51. The highest BCUT2D eigenvalue weighted by Crippen LogP contribution is 2.45. The van der Waals surface area contributed by atoms with Crippen molar-refractivity contribution in [3.8, 4) is 5.75 Å². The molecule has 0 aliphatic carbocycles. The van der Waals surface area contributed by atoms with E-state index in [1.165, 1.54) is 30.5 Å². The van der Waals surface area contributed by atoms with Gasteiger partial charge >= 0.3 is 30.5 Å². The molecule has 6 atom stereocenters. The van der Waals surface area contributed by atoms with Gasteiger partial charge in [-0.3, -0.25) is 19.2 Å². The number of benzene rings is 2. The van der Waals surface area contributed by atoms with Crippen LogP contribution in [0.5, 0.6) is 5.75 Å². The zero-order chi connectivity index (χ0) is 33.1. The Bertz CT molecular complexity index is 1560. The van der Waals surface area contributed by atoms with Crippen molar-refractivity contribution in [3.05, 3.63) is 65.6 Å². The van der Waals surface area contributed by atoms with Gasteiger partial charge in [0, 0.05) is 50.4 Å². The third-order valence-electron chi connectivity index (χ3n) is 6.99. The quantitative estimate of drug-likeness (QED) is 0.248. The maximum Gasteiger partial charge on any atom is 0.387 e. The Hall–Kier alpha value is -4.63. The van der Waals surface area contributed by atoms with Gasteiger partial charge < -0.3 is 38.5 Å². The van der Waals surface area contributed by atoms with Crippen molar-refractivity contribution in [2.45, 2.75) is 70.4 Å². The molecule has 1 unspecified atom stereocenters. The van der Waals surface area contributed by atoms with Crippen LogP contribution in [0.1, 0.15) is 38.8 Å². The van der Waals surface area contributed by atoms with E-state index in [0.717, 1.165) is 45.9 Å². The van der Waals surface area contributed by atoms with Crippen molar-refractivity contribution in [2.24, 2.45) is 0 Å². The van der Waals surface area contributed by atoms with Gasteiger partial charge in [0.15, 0.2) is 18.3 Å². The summed E-state index contributed by atoms with van der Waals surface area (Å²) < 4.78 is 73.5. The number of rotatable bonds is 10. The Morgan fingerprint density at radius 2 is 1.49 bits per heavy atom. The molecule has 1 aliphatic heterocycles. The second kappa shape index (κ2) is 13.6. The summed E-state index contributed by atoms with van der Waals surface area (Å²) in [6.45, 7) is 0.457. The third-order valence-corrected chi connectivity index (χ3v) is 6.99. The number of hydrogen-bond donors (Lipinski definition) is 2. The number of aromatic nitrogens is 1. The first-order valence-corrected chi connectivity index (χ1v) is 13.6. The molecule has 0 bridgehead atoms. The van der Waals surface area contributed by atoms with E-state index < -0.39 is 79.0 Å². The molecule has 2 heterocycles. The fraction of sp³-hybridized carbons (Fsp3) is 0.400. The highest BCUT2D eigenvalue weighted by atomic mass is 19.3. The number of H-pyrrole nitrogens is 1. The Morgan fingerprint density at radius 1 is 0.889 bits per heavy atom. The molecule has 0 radical (unpaired) electrons. The zero-order valence-electron chi connectivity index (χ0n) is 24.5. The normalized spacial score (nSPS) is 22.7. The minimum atomic E-state index is -3.16. The van der Waals surface area contributed by atoms with Crippen molar-refractivity contribution in [1.29, 1.82) is 0 Å². The number of halogens is 3. The van der Waals surface area contributed by atoms with Crippen LogP contribution in [0, 0.1) is 5.82 Å². The van der Waals surface area contributed by atoms with Crippen LogP contribution >= 0.6 is 0 Å². The van der Waals surface area contributed by atoms with E-state index in [1.807, 2.05) is 0 Å². The lowest BCUT2D eigenvalue weighted by Crippen LogP contribution is -2.67. The minimum Gasteiger partial charge on any atom is -0.463 e. The van der Waals surface area contributed by atoms with Gasteiger partial charge in [-0.1, -0.05) is 18.2 Å². The van der Waals surface area contributed by atoms with Crippen molar-refractivity contribution in [1.82, 2.24) is 4.98 Å². The van der Waals surface area contributed by atoms with E-state index >= 15 is 4.39 Å². The van der Waals surface area contributed by atoms with E-state index in [0.29, 0.717) is 0 Å². The maximum atomic E-state index is 15.4. The number of hydrogen-bond acceptors (Lipinski definition) is 11. The second-order valence-electron chi connectivity index (χ2n) is 10.2. The molecular weight excluding hydrogens is 607 g/mol. The van der Waals surface area contributed by atoms with E-state index in [9.17, 15) is 33.1 Å². The molecule has 1 fully saturated rings. The highest BCUT2D eigenvalue weighted by Gasteiger charge is 2.60. The lowest BCUT2D eigenvalue weighted by Gasteiger charge is -2.49. The number of carbonyl (C=O) groups excluding carboxylic acids is 4. The lowest BCUT2D eigenvalue weighted by atomic mass is 9.75. The Labute approximate surface area is 254 Å². The summed E-state index contributed by atoms with van der Waals surface area (Å²) in [4.78, 5) is 51.5. The van der Waals surface area contributed by atoms with Crippen LogP contribution in [-0.2, 0) is 48.5 Å². The molecule has 1 aromatic heterocycles. The van der Waals surface area contributed by atoms with E-state index in [-0.39, 0.29) is 27.8 Å². The van der Waals surface area contributed by atoms with Crippen LogP contribution in [0.3, 0.4) is 0 Å². The molecule has 0 amide bonds. The fourth-order valence-corrected chi connectivity index (χ4v) is 5.37. The van der Waals surface area contributed by atoms with Crippen molar-refractivity contribution in [3.63, 3.8) is 0 Å². The molecule has 2 N–H and O–H groups in total. The first-order chi connectivity index (χ1) is 21.2. The number of ether oxygens (including phenoxy) is 6. The molecule has 2 aromatic carbocycles. The molecular formula is C30H30F3NO11. The summed E-state index contributed by atoms with van der Waals surface area (Å²) in [5, 5.41) is 12.7. The molecule has 15 heteroatoms. The number of nitrogens with one attached hydrogen (secondary N) is 1. The Morgan fingerprint density at radius 3 is 2.07 bits per heavy atom. The van der Waals surface area contributed by atoms with Gasteiger partial charge in [0.2, 0.25) is 0 Å². The predicted molar refractivity (Wildman–Crippen MR) is 146 cm³/mol. The van der Waals surface area contributed by atoms with Gasteiger partial charge in [0.25, 0.3) is 0 Å². The van der Waals surface area contributed by atoms with Crippen molar-refractivity contribution < 1.29 is 65.9 Å². The lowest BCUT2D eigenvalue weighted by molar-refractivity contribution is -0.278. The highest BCUT2D eigenvalue weighted by molar-refractivity contribution is 5.85. The van der Waals surface area contributed by atoms with Gasteiger partial charge in [0.1, 0.15) is 36.0 Å². The van der Waals surface area contributed by atoms with Gasteiger partial charge in [0.05, 0.1) is 0 Å². The Kier molecular flexibility index (Phi) is 10.0. The van der Waals surface area contributed by atoms with E-state index in [1.54, 1.807) is 0 Å². The summed E-state index contributed by atoms with van der Waals surface area (Å²) in [5.41, 5.74) is -2.53. The van der Waals surface area contributed by atoms with Gasteiger partial charge in [-0.2, -0.15) is 8.78 Å². The summed E-state index contributed by atoms with van der Waals surface area (Å²) in [6.07, 6.45) is -6.91.